The zero-order valence-corrected chi connectivity index (χ0v) is 11.7. The smallest absolute Gasteiger partial charge is 0.0597 e. The Morgan fingerprint density at radius 3 is 3.00 bits per heavy atom. The zero-order valence-electron chi connectivity index (χ0n) is 10.1. The van der Waals surface area contributed by atoms with Crippen LogP contribution in [0.5, 0.6) is 0 Å². The highest BCUT2D eigenvalue weighted by atomic mass is 79.9. The summed E-state index contributed by atoms with van der Waals surface area (Å²) in [5.74, 6) is 0.832. The van der Waals surface area contributed by atoms with Crippen LogP contribution in [0.3, 0.4) is 0 Å². The molecule has 1 unspecified atom stereocenters. The predicted molar refractivity (Wildman–Crippen MR) is 69.8 cm³/mol. The normalized spacial score (nSPS) is 21.8. The lowest BCUT2D eigenvalue weighted by Gasteiger charge is -2.15. The molecule has 1 aromatic rings. The van der Waals surface area contributed by atoms with Gasteiger partial charge in [-0.2, -0.15) is 5.10 Å². The molecule has 0 spiro atoms. The van der Waals surface area contributed by atoms with E-state index in [0.717, 1.165) is 30.0 Å². The van der Waals surface area contributed by atoms with Gasteiger partial charge in [0.25, 0.3) is 0 Å². The van der Waals surface area contributed by atoms with E-state index in [2.05, 4.69) is 50.5 Å². The number of rotatable bonds is 4. The van der Waals surface area contributed by atoms with Gasteiger partial charge < -0.3 is 0 Å². The highest BCUT2D eigenvalue weighted by molar-refractivity contribution is 9.09. The summed E-state index contributed by atoms with van der Waals surface area (Å²) in [6.07, 6.45) is 1.32. The Morgan fingerprint density at radius 2 is 2.38 bits per heavy atom. The maximum absolute atomic E-state index is 4.49. The number of halogens is 1. The summed E-state index contributed by atoms with van der Waals surface area (Å²) in [6.45, 7) is 8.70. The van der Waals surface area contributed by atoms with Crippen molar-refractivity contribution in [2.45, 2.75) is 33.4 Å². The second-order valence-electron chi connectivity index (χ2n) is 4.64. The molecule has 0 saturated carbocycles. The van der Waals surface area contributed by atoms with Gasteiger partial charge in [0.2, 0.25) is 0 Å². The minimum Gasteiger partial charge on any atom is -0.297 e. The molecule has 2 rings (SSSR count). The summed E-state index contributed by atoms with van der Waals surface area (Å²) in [5.41, 5.74) is 2.49. The van der Waals surface area contributed by atoms with Gasteiger partial charge in [-0.15, -0.1) is 0 Å². The molecular formula is C12H20BrN3. The van der Waals surface area contributed by atoms with E-state index in [-0.39, 0.29) is 0 Å². The molecule has 0 radical (unpaired) electrons. The minimum absolute atomic E-state index is 0.832. The lowest BCUT2D eigenvalue weighted by molar-refractivity contribution is 0.309. The van der Waals surface area contributed by atoms with Crippen LogP contribution in [0.25, 0.3) is 0 Å². The van der Waals surface area contributed by atoms with Crippen molar-refractivity contribution in [1.29, 1.82) is 0 Å². The van der Waals surface area contributed by atoms with Crippen molar-refractivity contribution in [2.75, 3.05) is 18.4 Å². The molecule has 0 N–H and O–H groups in total. The topological polar surface area (TPSA) is 21.1 Å². The molecule has 0 aromatic carbocycles. The fourth-order valence-electron chi connectivity index (χ4n) is 2.41. The van der Waals surface area contributed by atoms with Crippen LogP contribution >= 0.6 is 15.9 Å². The summed E-state index contributed by atoms with van der Waals surface area (Å²) in [4.78, 5) is 2.54. The van der Waals surface area contributed by atoms with Crippen molar-refractivity contribution < 1.29 is 0 Å². The van der Waals surface area contributed by atoms with Crippen LogP contribution in [0, 0.1) is 12.8 Å². The van der Waals surface area contributed by atoms with Crippen molar-refractivity contribution in [3.63, 3.8) is 0 Å². The maximum Gasteiger partial charge on any atom is 0.0597 e. The Hall–Kier alpha value is -0.350. The molecule has 1 saturated heterocycles. The van der Waals surface area contributed by atoms with E-state index in [1.165, 1.54) is 25.2 Å². The van der Waals surface area contributed by atoms with Gasteiger partial charge in [-0.3, -0.25) is 9.58 Å². The molecule has 3 nitrogen and oxygen atoms in total. The number of alkyl halides is 1. The fourth-order valence-corrected chi connectivity index (χ4v) is 2.94. The second-order valence-corrected chi connectivity index (χ2v) is 5.28. The number of likely N-dealkylation sites (tertiary alicyclic amines) is 1. The van der Waals surface area contributed by atoms with Crippen molar-refractivity contribution >= 4 is 15.9 Å². The molecule has 1 aliphatic heterocycles. The van der Waals surface area contributed by atoms with Crippen LogP contribution in [0.1, 0.15) is 24.7 Å². The Labute approximate surface area is 106 Å². The van der Waals surface area contributed by atoms with Crippen LogP contribution < -0.4 is 0 Å². The Morgan fingerprint density at radius 1 is 1.56 bits per heavy atom. The average molecular weight is 286 g/mol. The van der Waals surface area contributed by atoms with Crippen molar-refractivity contribution in [1.82, 2.24) is 14.7 Å². The molecule has 0 amide bonds. The first-order chi connectivity index (χ1) is 7.72. The second kappa shape index (κ2) is 5.32. The van der Waals surface area contributed by atoms with E-state index in [1.807, 2.05) is 0 Å². The summed E-state index contributed by atoms with van der Waals surface area (Å²) < 4.78 is 2.12. The van der Waals surface area contributed by atoms with E-state index >= 15 is 0 Å². The molecule has 2 heterocycles. The average Bonchev–Trinajstić information content (AvgIpc) is 2.85. The number of nitrogens with zero attached hydrogens (tertiary/aromatic N) is 3. The summed E-state index contributed by atoms with van der Waals surface area (Å²) in [5, 5.41) is 5.63. The molecule has 0 aliphatic carbocycles. The SMILES string of the molecule is CCn1nc(C)cc1CN1CCC(CBr)C1. The fraction of sp³-hybridized carbons (Fsp3) is 0.750. The van der Waals surface area contributed by atoms with Gasteiger partial charge in [-0.25, -0.2) is 0 Å². The molecule has 4 heteroatoms. The van der Waals surface area contributed by atoms with Gasteiger partial charge >= 0.3 is 0 Å². The molecule has 0 bridgehead atoms. The van der Waals surface area contributed by atoms with Gasteiger partial charge in [0.1, 0.15) is 0 Å². The Kier molecular flexibility index (Phi) is 4.03. The van der Waals surface area contributed by atoms with Crippen molar-refractivity contribution in [2.24, 2.45) is 5.92 Å². The Bertz CT molecular complexity index is 348. The van der Waals surface area contributed by atoms with Crippen LogP contribution in [-0.4, -0.2) is 33.1 Å². The van der Waals surface area contributed by atoms with Crippen LogP contribution in [0.15, 0.2) is 6.07 Å². The van der Waals surface area contributed by atoms with Crippen LogP contribution in [0.4, 0.5) is 0 Å². The standard InChI is InChI=1S/C12H20BrN3/c1-3-16-12(6-10(2)14-16)9-15-5-4-11(7-13)8-15/h6,11H,3-5,7-9H2,1-2H3. The quantitative estimate of drug-likeness (QED) is 0.793. The summed E-state index contributed by atoms with van der Waals surface area (Å²) in [6, 6.07) is 2.21. The molecule has 1 fully saturated rings. The minimum atomic E-state index is 0.832. The number of hydrogen-bond acceptors (Lipinski definition) is 2. The molecular weight excluding hydrogens is 266 g/mol. The van der Waals surface area contributed by atoms with Gasteiger partial charge in [-0.05, 0) is 38.8 Å². The number of aromatic nitrogens is 2. The third-order valence-electron chi connectivity index (χ3n) is 3.26. The van der Waals surface area contributed by atoms with E-state index in [0.29, 0.717) is 0 Å². The number of hydrogen-bond donors (Lipinski definition) is 0. The monoisotopic (exact) mass is 285 g/mol. The van der Waals surface area contributed by atoms with E-state index in [1.54, 1.807) is 0 Å². The molecule has 90 valence electrons. The molecule has 1 atom stereocenters. The number of aryl methyl sites for hydroxylation is 2. The van der Waals surface area contributed by atoms with Crippen molar-refractivity contribution in [3.05, 3.63) is 17.5 Å². The Balaban J connectivity index is 1.98. The van der Waals surface area contributed by atoms with Gasteiger partial charge in [-0.1, -0.05) is 15.9 Å². The summed E-state index contributed by atoms with van der Waals surface area (Å²) >= 11 is 3.58. The van der Waals surface area contributed by atoms with Gasteiger partial charge in [0.05, 0.1) is 11.4 Å². The van der Waals surface area contributed by atoms with Crippen LogP contribution in [-0.2, 0) is 13.1 Å². The highest BCUT2D eigenvalue weighted by Crippen LogP contribution is 2.20. The first-order valence-electron chi connectivity index (χ1n) is 6.04. The molecule has 1 aliphatic rings. The van der Waals surface area contributed by atoms with Gasteiger partial charge in [0, 0.05) is 25.0 Å². The highest BCUT2D eigenvalue weighted by Gasteiger charge is 2.22. The largest absolute Gasteiger partial charge is 0.297 e. The van der Waals surface area contributed by atoms with Gasteiger partial charge in [0.15, 0.2) is 0 Å². The first kappa shape index (κ1) is 12.1. The van der Waals surface area contributed by atoms with E-state index in [4.69, 9.17) is 0 Å². The van der Waals surface area contributed by atoms with Crippen LogP contribution in [0.2, 0.25) is 0 Å². The zero-order chi connectivity index (χ0) is 11.5. The third-order valence-corrected chi connectivity index (χ3v) is 4.17. The van der Waals surface area contributed by atoms with E-state index < -0.39 is 0 Å². The molecule has 16 heavy (non-hydrogen) atoms. The lowest BCUT2D eigenvalue weighted by Crippen LogP contribution is -2.22. The maximum atomic E-state index is 4.49. The van der Waals surface area contributed by atoms with E-state index in [9.17, 15) is 0 Å². The lowest BCUT2D eigenvalue weighted by atomic mass is 10.2. The molecule has 1 aromatic heterocycles. The predicted octanol–water partition coefficient (Wildman–Crippen LogP) is 2.43. The first-order valence-corrected chi connectivity index (χ1v) is 7.16. The van der Waals surface area contributed by atoms with Crippen molar-refractivity contribution in [3.8, 4) is 0 Å². The third kappa shape index (κ3) is 2.66. The summed E-state index contributed by atoms with van der Waals surface area (Å²) in [7, 11) is 0.